The molecule has 0 fully saturated rings. The van der Waals surface area contributed by atoms with E-state index >= 15 is 0 Å². The van der Waals surface area contributed by atoms with Crippen LogP contribution < -0.4 is 10.6 Å². The first-order valence-corrected chi connectivity index (χ1v) is 8.42. The van der Waals surface area contributed by atoms with Crippen molar-refractivity contribution in [2.24, 2.45) is 0 Å². The predicted octanol–water partition coefficient (Wildman–Crippen LogP) is 3.70. The van der Waals surface area contributed by atoms with Gasteiger partial charge in [-0.25, -0.2) is 4.79 Å². The molecule has 25 heavy (non-hydrogen) atoms. The molecule has 7 heteroatoms. The SMILES string of the molecule is O=C(CN[C@H](CNC(=O)O)c1ccccc1)Cc1ccc(Cl)c(Cl)c1. The zero-order chi connectivity index (χ0) is 18.2. The molecular formula is C18H18Cl2N2O3. The van der Waals surface area contributed by atoms with Crippen molar-refractivity contribution in [3.8, 4) is 0 Å². The topological polar surface area (TPSA) is 78.4 Å². The summed E-state index contributed by atoms with van der Waals surface area (Å²) in [4.78, 5) is 23.0. The van der Waals surface area contributed by atoms with E-state index in [-0.39, 0.29) is 31.3 Å². The highest BCUT2D eigenvalue weighted by molar-refractivity contribution is 6.42. The molecule has 0 saturated carbocycles. The molecule has 0 aromatic heterocycles. The second kappa shape index (κ2) is 9.42. The van der Waals surface area contributed by atoms with Crippen LogP contribution in [0.5, 0.6) is 0 Å². The summed E-state index contributed by atoms with van der Waals surface area (Å²) in [6, 6.07) is 14.1. The smallest absolute Gasteiger partial charge is 0.404 e. The van der Waals surface area contributed by atoms with E-state index in [0.717, 1.165) is 11.1 Å². The van der Waals surface area contributed by atoms with Gasteiger partial charge in [-0.3, -0.25) is 4.79 Å². The molecule has 2 aromatic carbocycles. The van der Waals surface area contributed by atoms with Crippen LogP contribution in [0.3, 0.4) is 0 Å². The molecule has 132 valence electrons. The Labute approximate surface area is 156 Å². The Hall–Kier alpha value is -2.08. The molecule has 0 saturated heterocycles. The third-order valence-corrected chi connectivity index (χ3v) is 4.33. The fraction of sp³-hybridized carbons (Fsp3) is 0.222. The standard InChI is InChI=1S/C18H18Cl2N2O3/c19-15-7-6-12(9-16(15)20)8-14(23)10-21-17(11-22-18(24)25)13-4-2-1-3-5-13/h1-7,9,17,21-22H,8,10-11H2,(H,24,25)/t17-/m1/s1. The third kappa shape index (κ3) is 6.38. The van der Waals surface area contributed by atoms with Crippen LogP contribution in [0, 0.1) is 0 Å². The Morgan fingerprint density at radius 3 is 2.40 bits per heavy atom. The van der Waals surface area contributed by atoms with Crippen molar-refractivity contribution in [3.05, 3.63) is 69.7 Å². The molecule has 2 rings (SSSR count). The average Bonchev–Trinajstić information content (AvgIpc) is 2.59. The summed E-state index contributed by atoms with van der Waals surface area (Å²) in [6.07, 6.45) is -0.887. The summed E-state index contributed by atoms with van der Waals surface area (Å²) in [6.45, 7) is 0.278. The van der Waals surface area contributed by atoms with Crippen molar-refractivity contribution < 1.29 is 14.7 Å². The molecule has 5 nitrogen and oxygen atoms in total. The van der Waals surface area contributed by atoms with Crippen molar-refractivity contribution in [3.63, 3.8) is 0 Å². The number of carbonyl (C=O) groups excluding carboxylic acids is 1. The van der Waals surface area contributed by atoms with Gasteiger partial charge in [0, 0.05) is 13.0 Å². The molecular weight excluding hydrogens is 363 g/mol. The Morgan fingerprint density at radius 2 is 1.76 bits per heavy atom. The summed E-state index contributed by atoms with van der Waals surface area (Å²) in [7, 11) is 0. The van der Waals surface area contributed by atoms with Gasteiger partial charge >= 0.3 is 6.09 Å². The van der Waals surface area contributed by atoms with Crippen LogP contribution in [0.15, 0.2) is 48.5 Å². The monoisotopic (exact) mass is 380 g/mol. The minimum Gasteiger partial charge on any atom is -0.465 e. The van der Waals surface area contributed by atoms with E-state index in [9.17, 15) is 9.59 Å². The number of nitrogens with one attached hydrogen (secondary N) is 2. The van der Waals surface area contributed by atoms with Crippen molar-refractivity contribution in [2.75, 3.05) is 13.1 Å². The number of carboxylic acid groups (broad SMARTS) is 1. The van der Waals surface area contributed by atoms with Gasteiger partial charge in [0.25, 0.3) is 0 Å². The lowest BCUT2D eigenvalue weighted by Gasteiger charge is -2.18. The van der Waals surface area contributed by atoms with Crippen molar-refractivity contribution in [1.29, 1.82) is 0 Å². The van der Waals surface area contributed by atoms with E-state index in [1.54, 1.807) is 18.2 Å². The second-order valence-corrected chi connectivity index (χ2v) is 6.31. The maximum Gasteiger partial charge on any atom is 0.404 e. The minimum atomic E-state index is -1.11. The summed E-state index contributed by atoms with van der Waals surface area (Å²) < 4.78 is 0. The molecule has 1 amide bonds. The van der Waals surface area contributed by atoms with Crippen LogP contribution in [0.1, 0.15) is 17.2 Å². The summed E-state index contributed by atoms with van der Waals surface area (Å²) >= 11 is 11.8. The lowest BCUT2D eigenvalue weighted by molar-refractivity contribution is -0.117. The molecule has 1 atom stereocenters. The number of benzene rings is 2. The van der Waals surface area contributed by atoms with Gasteiger partial charge in [0.05, 0.1) is 22.6 Å². The molecule has 0 heterocycles. The van der Waals surface area contributed by atoms with Gasteiger partial charge in [0.1, 0.15) is 0 Å². The number of amides is 1. The van der Waals surface area contributed by atoms with Crippen molar-refractivity contribution >= 4 is 35.1 Å². The minimum absolute atomic E-state index is 0.0327. The molecule has 0 aliphatic carbocycles. The Balaban J connectivity index is 1.95. The molecule has 3 N–H and O–H groups in total. The van der Waals surface area contributed by atoms with Gasteiger partial charge in [-0.1, -0.05) is 59.6 Å². The van der Waals surface area contributed by atoms with Crippen LogP contribution in [0.4, 0.5) is 4.79 Å². The fourth-order valence-corrected chi connectivity index (χ4v) is 2.68. The maximum absolute atomic E-state index is 12.2. The van der Waals surface area contributed by atoms with Gasteiger partial charge in [-0.05, 0) is 23.3 Å². The van der Waals surface area contributed by atoms with Crippen LogP contribution in [0.25, 0.3) is 0 Å². The van der Waals surface area contributed by atoms with Crippen LogP contribution in [-0.4, -0.2) is 30.1 Å². The van der Waals surface area contributed by atoms with Gasteiger partial charge in [-0.15, -0.1) is 0 Å². The van der Waals surface area contributed by atoms with E-state index in [4.69, 9.17) is 28.3 Å². The first kappa shape index (κ1) is 19.2. The second-order valence-electron chi connectivity index (χ2n) is 5.49. The van der Waals surface area contributed by atoms with Crippen LogP contribution >= 0.6 is 23.2 Å². The van der Waals surface area contributed by atoms with Gasteiger partial charge in [-0.2, -0.15) is 0 Å². The lowest BCUT2D eigenvalue weighted by atomic mass is 10.1. The maximum atomic E-state index is 12.2. The van der Waals surface area contributed by atoms with E-state index in [1.807, 2.05) is 30.3 Å². The number of ketones is 1. The highest BCUT2D eigenvalue weighted by atomic mass is 35.5. The number of halogens is 2. The quantitative estimate of drug-likeness (QED) is 0.652. The summed E-state index contributed by atoms with van der Waals surface area (Å²) in [5.74, 6) is -0.0327. The number of Topliss-reactive ketones (excluding diaryl/α,β-unsaturated/α-hetero) is 1. The van der Waals surface area contributed by atoms with Gasteiger partial charge in [0.2, 0.25) is 0 Å². The van der Waals surface area contributed by atoms with Gasteiger partial charge < -0.3 is 15.7 Å². The van der Waals surface area contributed by atoms with E-state index in [0.29, 0.717) is 10.0 Å². The number of hydrogen-bond donors (Lipinski definition) is 3. The first-order valence-electron chi connectivity index (χ1n) is 7.66. The van der Waals surface area contributed by atoms with E-state index < -0.39 is 6.09 Å². The average molecular weight is 381 g/mol. The zero-order valence-electron chi connectivity index (χ0n) is 13.3. The molecule has 0 spiro atoms. The lowest BCUT2D eigenvalue weighted by Crippen LogP contribution is -2.37. The number of rotatable bonds is 8. The summed E-state index contributed by atoms with van der Waals surface area (Å²) in [5, 5.41) is 15.1. The molecule has 2 aromatic rings. The fourth-order valence-electron chi connectivity index (χ4n) is 2.36. The Kier molecular flexibility index (Phi) is 7.25. The molecule has 0 aliphatic heterocycles. The zero-order valence-corrected chi connectivity index (χ0v) is 14.8. The van der Waals surface area contributed by atoms with Crippen LogP contribution in [-0.2, 0) is 11.2 Å². The predicted molar refractivity (Wildman–Crippen MR) is 98.4 cm³/mol. The molecule has 0 aliphatic rings. The molecule has 0 unspecified atom stereocenters. The van der Waals surface area contributed by atoms with Gasteiger partial charge in [0.15, 0.2) is 5.78 Å². The highest BCUT2D eigenvalue weighted by Gasteiger charge is 2.14. The Bertz CT molecular complexity index is 738. The number of carbonyl (C=O) groups is 2. The molecule has 0 bridgehead atoms. The van der Waals surface area contributed by atoms with Crippen molar-refractivity contribution in [1.82, 2.24) is 10.6 Å². The first-order chi connectivity index (χ1) is 12.0. The van der Waals surface area contributed by atoms with E-state index in [1.165, 1.54) is 0 Å². The number of hydrogen-bond acceptors (Lipinski definition) is 3. The highest BCUT2D eigenvalue weighted by Crippen LogP contribution is 2.22. The third-order valence-electron chi connectivity index (χ3n) is 3.59. The van der Waals surface area contributed by atoms with Crippen LogP contribution in [0.2, 0.25) is 10.0 Å². The largest absolute Gasteiger partial charge is 0.465 e. The van der Waals surface area contributed by atoms with Crippen molar-refractivity contribution in [2.45, 2.75) is 12.5 Å². The molecule has 0 radical (unpaired) electrons. The summed E-state index contributed by atoms with van der Waals surface area (Å²) in [5.41, 5.74) is 1.68. The normalized spacial score (nSPS) is 11.8. The Morgan fingerprint density at radius 1 is 1.04 bits per heavy atom. The van der Waals surface area contributed by atoms with E-state index in [2.05, 4.69) is 10.6 Å².